The number of piperazine rings is 1. The highest BCUT2D eigenvalue weighted by atomic mass is 16.5. The van der Waals surface area contributed by atoms with Crippen LogP contribution in [0.3, 0.4) is 0 Å². The first-order valence-corrected chi connectivity index (χ1v) is 8.36. The minimum absolute atomic E-state index is 0.0892. The van der Waals surface area contributed by atoms with E-state index in [9.17, 15) is 9.59 Å². The van der Waals surface area contributed by atoms with Crippen LogP contribution < -0.4 is 15.0 Å². The third kappa shape index (κ3) is 4.08. The van der Waals surface area contributed by atoms with E-state index in [4.69, 9.17) is 4.74 Å². The van der Waals surface area contributed by atoms with Crippen LogP contribution in [0.15, 0.2) is 36.4 Å². The van der Waals surface area contributed by atoms with Gasteiger partial charge >= 0.3 is 0 Å². The number of amides is 2. The predicted octanol–water partition coefficient (Wildman–Crippen LogP) is 1.41. The molecule has 1 N–H and O–H groups in total. The van der Waals surface area contributed by atoms with Crippen LogP contribution in [0, 0.1) is 0 Å². The molecular formula is C18H21N5O3. The summed E-state index contributed by atoms with van der Waals surface area (Å²) in [5.74, 6) is 1.53. The summed E-state index contributed by atoms with van der Waals surface area (Å²) in [5, 5.41) is 11.0. The zero-order valence-corrected chi connectivity index (χ0v) is 14.8. The van der Waals surface area contributed by atoms with E-state index in [-0.39, 0.29) is 11.8 Å². The van der Waals surface area contributed by atoms with Crippen LogP contribution >= 0.6 is 0 Å². The Balaban J connectivity index is 1.61. The largest absolute Gasteiger partial charge is 0.497 e. The number of rotatable bonds is 4. The Labute approximate surface area is 151 Å². The summed E-state index contributed by atoms with van der Waals surface area (Å²) in [5.41, 5.74) is 0.482. The molecule has 1 saturated heterocycles. The third-order valence-electron chi connectivity index (χ3n) is 4.27. The molecule has 1 aliphatic heterocycles. The molecule has 3 rings (SSSR count). The quantitative estimate of drug-likeness (QED) is 0.892. The minimum Gasteiger partial charge on any atom is -0.497 e. The number of aromatic nitrogens is 2. The molecule has 0 saturated carbocycles. The first-order valence-electron chi connectivity index (χ1n) is 8.36. The van der Waals surface area contributed by atoms with Crippen LogP contribution in [0.1, 0.15) is 17.3 Å². The number of methoxy groups -OCH3 is 1. The molecule has 26 heavy (non-hydrogen) atoms. The Kier molecular flexibility index (Phi) is 5.31. The van der Waals surface area contributed by atoms with Crippen molar-refractivity contribution >= 4 is 23.5 Å². The number of carbonyl (C=O) groups excluding carboxylic acids is 2. The van der Waals surface area contributed by atoms with Gasteiger partial charge in [0.05, 0.1) is 7.11 Å². The van der Waals surface area contributed by atoms with Gasteiger partial charge < -0.3 is 19.9 Å². The van der Waals surface area contributed by atoms with Crippen LogP contribution in [-0.4, -0.2) is 60.2 Å². The van der Waals surface area contributed by atoms with Crippen molar-refractivity contribution in [3.8, 4) is 5.75 Å². The lowest BCUT2D eigenvalue weighted by Crippen LogP contribution is -2.48. The summed E-state index contributed by atoms with van der Waals surface area (Å²) in [4.78, 5) is 27.5. The summed E-state index contributed by atoms with van der Waals surface area (Å²) >= 11 is 0. The van der Waals surface area contributed by atoms with Crippen LogP contribution in [0.5, 0.6) is 5.75 Å². The molecule has 136 valence electrons. The number of nitrogens with zero attached hydrogens (tertiary/aromatic N) is 4. The predicted molar refractivity (Wildman–Crippen MR) is 97.4 cm³/mol. The van der Waals surface area contributed by atoms with Crippen molar-refractivity contribution in [1.29, 1.82) is 0 Å². The molecule has 0 radical (unpaired) electrons. The zero-order valence-electron chi connectivity index (χ0n) is 14.8. The Morgan fingerprint density at radius 2 is 1.85 bits per heavy atom. The Morgan fingerprint density at radius 1 is 1.08 bits per heavy atom. The van der Waals surface area contributed by atoms with Crippen molar-refractivity contribution in [2.45, 2.75) is 6.92 Å². The van der Waals surface area contributed by atoms with E-state index in [2.05, 4.69) is 20.4 Å². The maximum atomic E-state index is 12.3. The lowest BCUT2D eigenvalue weighted by atomic mass is 10.2. The number of benzene rings is 1. The smallest absolute Gasteiger partial charge is 0.256 e. The van der Waals surface area contributed by atoms with Gasteiger partial charge in [0, 0.05) is 38.7 Å². The Hall–Kier alpha value is -3.16. The van der Waals surface area contributed by atoms with Gasteiger partial charge in [0.2, 0.25) is 5.91 Å². The topological polar surface area (TPSA) is 87.7 Å². The van der Waals surface area contributed by atoms with Crippen LogP contribution in [-0.2, 0) is 4.79 Å². The van der Waals surface area contributed by atoms with Crippen molar-refractivity contribution in [3.63, 3.8) is 0 Å². The summed E-state index contributed by atoms with van der Waals surface area (Å²) < 4.78 is 5.12. The molecule has 0 spiro atoms. The van der Waals surface area contributed by atoms with Gasteiger partial charge in [0.1, 0.15) is 5.75 Å². The first-order chi connectivity index (χ1) is 12.6. The number of anilines is 2. The van der Waals surface area contributed by atoms with Gasteiger partial charge in [-0.1, -0.05) is 6.07 Å². The Bertz CT molecular complexity index is 786. The van der Waals surface area contributed by atoms with Gasteiger partial charge in [-0.05, 0) is 30.3 Å². The molecule has 8 heteroatoms. The molecule has 1 aromatic carbocycles. The van der Waals surface area contributed by atoms with Crippen LogP contribution in [0.25, 0.3) is 0 Å². The maximum Gasteiger partial charge on any atom is 0.256 e. The van der Waals surface area contributed by atoms with Crippen molar-refractivity contribution in [2.75, 3.05) is 43.5 Å². The molecule has 0 aliphatic carbocycles. The fourth-order valence-electron chi connectivity index (χ4n) is 2.76. The summed E-state index contributed by atoms with van der Waals surface area (Å²) in [6.45, 7) is 4.35. The van der Waals surface area contributed by atoms with Gasteiger partial charge in [0.15, 0.2) is 11.6 Å². The molecule has 2 amide bonds. The van der Waals surface area contributed by atoms with Gasteiger partial charge in [-0.15, -0.1) is 10.2 Å². The molecule has 0 unspecified atom stereocenters. The molecule has 0 bridgehead atoms. The van der Waals surface area contributed by atoms with Crippen molar-refractivity contribution < 1.29 is 14.3 Å². The SMILES string of the molecule is COc1cccc(C(=O)Nc2ccc(N3CCN(C(C)=O)CC3)nn2)c1. The summed E-state index contributed by atoms with van der Waals surface area (Å²) in [7, 11) is 1.55. The zero-order chi connectivity index (χ0) is 18.5. The van der Waals surface area contributed by atoms with Crippen molar-refractivity contribution in [1.82, 2.24) is 15.1 Å². The first kappa shape index (κ1) is 17.7. The minimum atomic E-state index is -0.277. The number of ether oxygens (including phenoxy) is 1. The van der Waals surface area contributed by atoms with E-state index >= 15 is 0 Å². The van der Waals surface area contributed by atoms with Crippen molar-refractivity contribution in [2.24, 2.45) is 0 Å². The highest BCUT2D eigenvalue weighted by Gasteiger charge is 2.19. The second-order valence-corrected chi connectivity index (χ2v) is 5.96. The number of carbonyl (C=O) groups is 2. The number of hydrogen-bond donors (Lipinski definition) is 1. The second-order valence-electron chi connectivity index (χ2n) is 5.96. The highest BCUT2D eigenvalue weighted by molar-refractivity contribution is 6.03. The lowest BCUT2D eigenvalue weighted by Gasteiger charge is -2.34. The van der Waals surface area contributed by atoms with Gasteiger partial charge in [-0.2, -0.15) is 0 Å². The third-order valence-corrected chi connectivity index (χ3v) is 4.27. The molecule has 2 aromatic rings. The van der Waals surface area contributed by atoms with Gasteiger partial charge in [0.25, 0.3) is 5.91 Å². The highest BCUT2D eigenvalue weighted by Crippen LogP contribution is 2.16. The van der Waals surface area contributed by atoms with Crippen molar-refractivity contribution in [3.05, 3.63) is 42.0 Å². The summed E-state index contributed by atoms with van der Waals surface area (Å²) in [6.07, 6.45) is 0. The van der Waals surface area contributed by atoms with E-state index in [1.165, 1.54) is 0 Å². The second kappa shape index (κ2) is 7.81. The normalized spacial score (nSPS) is 14.1. The standard InChI is InChI=1S/C18H21N5O3/c1-13(24)22-8-10-23(11-9-22)17-7-6-16(20-21-17)19-18(25)14-4-3-5-15(12-14)26-2/h3-7,12H,8-11H2,1-2H3,(H,19,20,25). The van der Waals surface area contributed by atoms with E-state index in [0.29, 0.717) is 43.3 Å². The lowest BCUT2D eigenvalue weighted by molar-refractivity contribution is -0.129. The van der Waals surface area contributed by atoms with E-state index in [1.807, 2.05) is 11.0 Å². The van der Waals surface area contributed by atoms with Gasteiger partial charge in [-0.25, -0.2) is 0 Å². The fraction of sp³-hybridized carbons (Fsp3) is 0.333. The van der Waals surface area contributed by atoms with Crippen LogP contribution in [0.4, 0.5) is 11.6 Å². The van der Waals surface area contributed by atoms with E-state index in [1.54, 1.807) is 44.4 Å². The number of hydrogen-bond acceptors (Lipinski definition) is 6. The molecule has 8 nitrogen and oxygen atoms in total. The van der Waals surface area contributed by atoms with Gasteiger partial charge in [-0.3, -0.25) is 9.59 Å². The average Bonchev–Trinajstić information content (AvgIpc) is 2.68. The molecule has 2 heterocycles. The number of nitrogens with one attached hydrogen (secondary N) is 1. The van der Waals surface area contributed by atoms with E-state index < -0.39 is 0 Å². The monoisotopic (exact) mass is 355 g/mol. The average molecular weight is 355 g/mol. The maximum absolute atomic E-state index is 12.3. The fourth-order valence-corrected chi connectivity index (χ4v) is 2.76. The summed E-state index contributed by atoms with van der Waals surface area (Å²) in [6, 6.07) is 10.4. The van der Waals surface area contributed by atoms with E-state index in [0.717, 1.165) is 5.82 Å². The molecule has 0 atom stereocenters. The molecule has 1 aliphatic rings. The molecule has 1 fully saturated rings. The molecule has 1 aromatic heterocycles. The Morgan fingerprint density at radius 3 is 2.46 bits per heavy atom. The van der Waals surface area contributed by atoms with Crippen LogP contribution in [0.2, 0.25) is 0 Å². The molecular weight excluding hydrogens is 334 g/mol.